The zero-order chi connectivity index (χ0) is 24.2. The van der Waals surface area contributed by atoms with Crippen molar-refractivity contribution in [3.8, 4) is 5.75 Å². The lowest BCUT2D eigenvalue weighted by atomic mass is 9.95. The van der Waals surface area contributed by atoms with Gasteiger partial charge in [0.1, 0.15) is 25.0 Å². The van der Waals surface area contributed by atoms with E-state index >= 15 is 0 Å². The van der Waals surface area contributed by atoms with E-state index in [2.05, 4.69) is 39.9 Å². The van der Waals surface area contributed by atoms with Gasteiger partial charge in [0, 0.05) is 5.70 Å². The minimum absolute atomic E-state index is 0.178. The van der Waals surface area contributed by atoms with Crippen LogP contribution in [0.1, 0.15) is 35.2 Å². The molecule has 176 valence electrons. The highest BCUT2D eigenvalue weighted by Gasteiger charge is 2.35. The molecule has 0 spiro atoms. The van der Waals surface area contributed by atoms with Crippen molar-refractivity contribution in [1.82, 2.24) is 20.2 Å². The van der Waals surface area contributed by atoms with Gasteiger partial charge < -0.3 is 14.8 Å². The lowest BCUT2D eigenvalue weighted by Gasteiger charge is -2.27. The molecule has 0 aliphatic carbocycles. The molecule has 8 heteroatoms. The topological polar surface area (TPSA) is 91.2 Å². The summed E-state index contributed by atoms with van der Waals surface area (Å²) < 4.78 is 13.2. The van der Waals surface area contributed by atoms with Crippen LogP contribution in [0.25, 0.3) is 0 Å². The molecule has 0 saturated carbocycles. The summed E-state index contributed by atoms with van der Waals surface area (Å²) >= 11 is 0. The average Bonchev–Trinajstić information content (AvgIpc) is 3.35. The number of esters is 1. The number of allylic oxidation sites excluding steroid dienone is 1. The Morgan fingerprint density at radius 1 is 0.943 bits per heavy atom. The van der Waals surface area contributed by atoms with Crippen molar-refractivity contribution in [3.05, 3.63) is 112 Å². The molecular formula is C27H25N5O3. The Labute approximate surface area is 203 Å². The van der Waals surface area contributed by atoms with E-state index in [0.717, 1.165) is 22.4 Å². The summed E-state index contributed by atoms with van der Waals surface area (Å²) in [5.41, 5.74) is 5.18. The number of aromatic nitrogens is 4. The molecule has 3 aromatic carbocycles. The summed E-state index contributed by atoms with van der Waals surface area (Å²) in [5.74, 6) is 0.772. The largest absolute Gasteiger partial charge is 0.489 e. The number of tetrazole rings is 1. The smallest absolute Gasteiger partial charge is 0.338 e. The van der Waals surface area contributed by atoms with Crippen LogP contribution in [0.3, 0.4) is 0 Å². The van der Waals surface area contributed by atoms with Crippen LogP contribution in [-0.2, 0) is 22.7 Å². The van der Waals surface area contributed by atoms with Gasteiger partial charge >= 0.3 is 5.97 Å². The maximum Gasteiger partial charge on any atom is 0.338 e. The molecule has 0 fully saturated rings. The molecule has 0 amide bonds. The van der Waals surface area contributed by atoms with Gasteiger partial charge in [0.15, 0.2) is 0 Å². The Bertz CT molecular complexity index is 1360. The maximum atomic E-state index is 13.2. The Hall–Kier alpha value is -4.46. The predicted octanol–water partition coefficient (Wildman–Crippen LogP) is 4.59. The molecule has 1 unspecified atom stereocenters. The minimum Gasteiger partial charge on any atom is -0.489 e. The predicted molar refractivity (Wildman–Crippen MR) is 130 cm³/mol. The highest BCUT2D eigenvalue weighted by atomic mass is 16.5. The van der Waals surface area contributed by atoms with E-state index < -0.39 is 12.0 Å². The summed E-state index contributed by atoms with van der Waals surface area (Å²) in [6, 6.07) is 24.8. The first-order valence-corrected chi connectivity index (χ1v) is 11.3. The second-order valence-corrected chi connectivity index (χ2v) is 8.36. The highest BCUT2D eigenvalue weighted by molar-refractivity contribution is 5.92. The number of anilines is 1. The van der Waals surface area contributed by atoms with Crippen LogP contribution in [0, 0.1) is 6.92 Å². The molecule has 4 aromatic rings. The number of benzene rings is 3. The fourth-order valence-electron chi connectivity index (χ4n) is 4.07. The Morgan fingerprint density at radius 2 is 1.69 bits per heavy atom. The quantitative estimate of drug-likeness (QED) is 0.398. The van der Waals surface area contributed by atoms with Crippen molar-refractivity contribution >= 4 is 11.9 Å². The number of nitrogens with one attached hydrogen (secondary N) is 1. The van der Waals surface area contributed by atoms with E-state index in [1.54, 1.807) is 4.68 Å². The number of hydrogen-bond donors (Lipinski definition) is 1. The Kier molecular flexibility index (Phi) is 6.26. The number of rotatable bonds is 7. The third-order valence-electron chi connectivity index (χ3n) is 6.00. The molecule has 35 heavy (non-hydrogen) atoms. The zero-order valence-electron chi connectivity index (χ0n) is 19.5. The molecule has 0 saturated heterocycles. The summed E-state index contributed by atoms with van der Waals surface area (Å²) in [6.45, 7) is 4.55. The van der Waals surface area contributed by atoms with Gasteiger partial charge in [-0.15, -0.1) is 0 Å². The molecule has 1 aliphatic heterocycles. The van der Waals surface area contributed by atoms with Crippen LogP contribution < -0.4 is 10.1 Å². The fraction of sp³-hybridized carbons (Fsp3) is 0.185. The minimum atomic E-state index is -0.532. The maximum absolute atomic E-state index is 13.2. The standard InChI is InChI=1S/C27H25N5O3/c1-18-8-6-7-11-22(18)17-34-23-14-12-21(13-15-23)25-24(19(2)28-27-29-30-31-32(25)27)26(33)35-16-20-9-4-3-5-10-20/h3-15,25H,16-17H2,1-2H3,(H,28,29,31). The van der Waals surface area contributed by atoms with Gasteiger partial charge in [0.2, 0.25) is 5.95 Å². The number of ether oxygens (including phenoxy) is 2. The van der Waals surface area contributed by atoms with Crippen molar-refractivity contribution in [1.29, 1.82) is 0 Å². The molecule has 1 N–H and O–H groups in total. The van der Waals surface area contributed by atoms with Gasteiger partial charge in [-0.2, -0.15) is 4.68 Å². The van der Waals surface area contributed by atoms with Crippen LogP contribution in [0.15, 0.2) is 90.1 Å². The van der Waals surface area contributed by atoms with Crippen molar-refractivity contribution in [2.45, 2.75) is 33.1 Å². The van der Waals surface area contributed by atoms with E-state index in [1.807, 2.05) is 73.7 Å². The molecule has 5 rings (SSSR count). The zero-order valence-corrected chi connectivity index (χ0v) is 19.5. The third-order valence-corrected chi connectivity index (χ3v) is 6.00. The van der Waals surface area contributed by atoms with Crippen LogP contribution in [0.4, 0.5) is 5.95 Å². The Balaban J connectivity index is 1.38. The summed E-state index contributed by atoms with van der Waals surface area (Å²) in [7, 11) is 0. The summed E-state index contributed by atoms with van der Waals surface area (Å²) in [4.78, 5) is 13.2. The second kappa shape index (κ2) is 9.80. The molecule has 0 bridgehead atoms. The lowest BCUT2D eigenvalue weighted by Crippen LogP contribution is -2.29. The van der Waals surface area contributed by atoms with E-state index in [1.165, 1.54) is 5.56 Å². The first kappa shape index (κ1) is 22.3. The summed E-state index contributed by atoms with van der Waals surface area (Å²) in [5, 5.41) is 15.1. The van der Waals surface area contributed by atoms with Gasteiger partial charge in [-0.25, -0.2) is 4.79 Å². The van der Waals surface area contributed by atoms with E-state index in [0.29, 0.717) is 23.8 Å². The van der Waals surface area contributed by atoms with E-state index in [4.69, 9.17) is 9.47 Å². The van der Waals surface area contributed by atoms with Gasteiger partial charge in [0.05, 0.1) is 5.57 Å². The SMILES string of the molecule is CC1=C(C(=O)OCc2ccccc2)C(c2ccc(OCc3ccccc3C)cc2)n2nnnc2N1. The van der Waals surface area contributed by atoms with Crippen LogP contribution in [0.5, 0.6) is 5.75 Å². The van der Waals surface area contributed by atoms with Gasteiger partial charge in [-0.1, -0.05) is 71.8 Å². The number of carbonyl (C=O) groups is 1. The lowest BCUT2D eigenvalue weighted by molar-refractivity contribution is -0.140. The fourth-order valence-corrected chi connectivity index (χ4v) is 4.07. The second-order valence-electron chi connectivity index (χ2n) is 8.36. The molecule has 0 radical (unpaired) electrons. The van der Waals surface area contributed by atoms with Gasteiger partial charge in [0.25, 0.3) is 0 Å². The van der Waals surface area contributed by atoms with E-state index in [-0.39, 0.29) is 6.61 Å². The molecule has 8 nitrogen and oxygen atoms in total. The highest BCUT2D eigenvalue weighted by Crippen LogP contribution is 2.35. The summed E-state index contributed by atoms with van der Waals surface area (Å²) in [6.07, 6.45) is 0. The first-order chi connectivity index (χ1) is 17.1. The number of hydrogen-bond acceptors (Lipinski definition) is 7. The number of nitrogens with zero attached hydrogens (tertiary/aromatic N) is 4. The molecular weight excluding hydrogens is 442 g/mol. The number of fused-ring (bicyclic) bond motifs is 1. The van der Waals surface area contributed by atoms with Crippen LogP contribution in [0.2, 0.25) is 0 Å². The van der Waals surface area contributed by atoms with Crippen molar-refractivity contribution in [2.24, 2.45) is 0 Å². The third kappa shape index (κ3) is 4.77. The van der Waals surface area contributed by atoms with Crippen LogP contribution in [-0.4, -0.2) is 26.2 Å². The van der Waals surface area contributed by atoms with E-state index in [9.17, 15) is 4.79 Å². The average molecular weight is 468 g/mol. The normalized spacial score (nSPS) is 14.7. The monoisotopic (exact) mass is 467 g/mol. The number of aryl methyl sites for hydroxylation is 1. The molecule has 1 aliphatic rings. The van der Waals surface area contributed by atoms with Gasteiger partial charge in [-0.3, -0.25) is 0 Å². The van der Waals surface area contributed by atoms with Crippen molar-refractivity contribution in [2.75, 3.05) is 5.32 Å². The molecule has 1 atom stereocenters. The van der Waals surface area contributed by atoms with Crippen molar-refractivity contribution < 1.29 is 14.3 Å². The van der Waals surface area contributed by atoms with Crippen LogP contribution >= 0.6 is 0 Å². The molecule has 1 aromatic heterocycles. The first-order valence-electron chi connectivity index (χ1n) is 11.3. The number of carbonyl (C=O) groups excluding carboxylic acids is 1. The Morgan fingerprint density at radius 3 is 2.46 bits per heavy atom. The van der Waals surface area contributed by atoms with Gasteiger partial charge in [-0.05, 0) is 58.7 Å². The molecule has 2 heterocycles. The van der Waals surface area contributed by atoms with Crippen molar-refractivity contribution in [3.63, 3.8) is 0 Å².